The lowest BCUT2D eigenvalue weighted by molar-refractivity contribution is 0.125. The molecule has 3 aliphatic rings. The molecule has 3 fully saturated rings. The van der Waals surface area contributed by atoms with Crippen molar-refractivity contribution in [3.05, 3.63) is 0 Å². The van der Waals surface area contributed by atoms with Gasteiger partial charge in [-0.15, -0.1) is 24.0 Å². The first-order chi connectivity index (χ1) is 13.6. The van der Waals surface area contributed by atoms with E-state index in [0.29, 0.717) is 10.7 Å². The van der Waals surface area contributed by atoms with Crippen LogP contribution in [0.15, 0.2) is 4.99 Å². The van der Waals surface area contributed by atoms with Crippen LogP contribution >= 0.6 is 35.7 Å². The van der Waals surface area contributed by atoms with Crippen LogP contribution in [0, 0.1) is 5.92 Å². The van der Waals surface area contributed by atoms with Gasteiger partial charge in [0.15, 0.2) is 5.96 Å². The molecule has 2 aliphatic heterocycles. The summed E-state index contributed by atoms with van der Waals surface area (Å²) >= 11 is 2.24. The summed E-state index contributed by atoms with van der Waals surface area (Å²) < 4.78 is 0.497. The first-order valence-corrected chi connectivity index (χ1v) is 12.7. The van der Waals surface area contributed by atoms with Crippen molar-refractivity contribution in [2.45, 2.75) is 57.6 Å². The molecule has 1 atom stereocenters. The number of hydrogen-bond donors (Lipinski definition) is 1. The van der Waals surface area contributed by atoms with Crippen LogP contribution in [0.4, 0.5) is 0 Å². The highest BCUT2D eigenvalue weighted by atomic mass is 127. The molecule has 5 nitrogen and oxygen atoms in total. The molecule has 1 aliphatic carbocycles. The van der Waals surface area contributed by atoms with Gasteiger partial charge in [0.05, 0.1) is 0 Å². The molecular formula is C22H44IN5S. The largest absolute Gasteiger partial charge is 0.357 e. The van der Waals surface area contributed by atoms with Gasteiger partial charge in [0.2, 0.25) is 0 Å². The molecule has 0 radical (unpaired) electrons. The second-order valence-electron chi connectivity index (χ2n) is 9.05. The molecule has 2 heterocycles. The van der Waals surface area contributed by atoms with Gasteiger partial charge < -0.3 is 20.0 Å². The number of piperazine rings is 1. The molecule has 29 heavy (non-hydrogen) atoms. The first-order valence-electron chi connectivity index (χ1n) is 11.8. The Morgan fingerprint density at radius 2 is 1.72 bits per heavy atom. The fraction of sp³-hybridized carbons (Fsp3) is 0.955. The van der Waals surface area contributed by atoms with Gasteiger partial charge in [-0.3, -0.25) is 4.99 Å². The molecule has 1 N–H and O–H groups in total. The fourth-order valence-electron chi connectivity index (χ4n) is 4.98. The third-order valence-electron chi connectivity index (χ3n) is 6.68. The highest BCUT2D eigenvalue weighted by molar-refractivity contribution is 14.0. The van der Waals surface area contributed by atoms with Crippen LogP contribution in [0.3, 0.4) is 0 Å². The fourth-order valence-corrected chi connectivity index (χ4v) is 6.55. The molecule has 1 unspecified atom stereocenters. The lowest BCUT2D eigenvalue weighted by Crippen LogP contribution is -2.53. The van der Waals surface area contributed by atoms with Crippen molar-refractivity contribution in [3.63, 3.8) is 0 Å². The Labute approximate surface area is 200 Å². The number of hydrogen-bond acceptors (Lipinski definition) is 4. The van der Waals surface area contributed by atoms with Crippen molar-refractivity contribution >= 4 is 41.7 Å². The highest BCUT2D eigenvalue weighted by Crippen LogP contribution is 2.42. The molecule has 1 spiro atoms. The number of halogens is 1. The Hall–Kier alpha value is 0.270. The normalized spacial score (nSPS) is 24.9. The smallest absolute Gasteiger partial charge is 0.193 e. The Kier molecular flexibility index (Phi) is 11.4. The Bertz CT molecular complexity index is 484. The maximum atomic E-state index is 5.10. The van der Waals surface area contributed by atoms with Crippen LogP contribution in [0.5, 0.6) is 0 Å². The monoisotopic (exact) mass is 537 g/mol. The number of aliphatic imine (C=N–C) groups is 1. The minimum atomic E-state index is 0. The van der Waals surface area contributed by atoms with Crippen molar-refractivity contribution in [1.82, 2.24) is 20.0 Å². The Morgan fingerprint density at radius 3 is 2.38 bits per heavy atom. The molecule has 0 aromatic carbocycles. The number of rotatable bonds is 6. The van der Waals surface area contributed by atoms with Crippen molar-refractivity contribution < 1.29 is 0 Å². The zero-order valence-electron chi connectivity index (χ0n) is 19.0. The van der Waals surface area contributed by atoms with Gasteiger partial charge in [-0.2, -0.15) is 11.8 Å². The SMILES string of the molecule is CCNC(=NCC(C)CN1CCN(CC)CC1)N1CCSC2(CCCCC2)C1.I. The number of thioether (sulfide) groups is 1. The molecule has 3 rings (SSSR count). The third-order valence-corrected chi connectivity index (χ3v) is 8.22. The number of nitrogens with one attached hydrogen (secondary N) is 1. The summed E-state index contributed by atoms with van der Waals surface area (Å²) in [6, 6.07) is 0. The molecule has 1 saturated carbocycles. The van der Waals surface area contributed by atoms with Gasteiger partial charge in [-0.25, -0.2) is 0 Å². The maximum absolute atomic E-state index is 5.10. The zero-order valence-corrected chi connectivity index (χ0v) is 22.1. The van der Waals surface area contributed by atoms with Crippen molar-refractivity contribution in [1.29, 1.82) is 0 Å². The average molecular weight is 538 g/mol. The number of guanidine groups is 1. The lowest BCUT2D eigenvalue weighted by Gasteiger charge is -2.45. The summed E-state index contributed by atoms with van der Waals surface area (Å²) in [5, 5.41) is 3.59. The minimum absolute atomic E-state index is 0. The van der Waals surface area contributed by atoms with Gasteiger partial charge in [0, 0.05) is 69.4 Å². The van der Waals surface area contributed by atoms with E-state index in [1.807, 2.05) is 0 Å². The number of nitrogens with zero attached hydrogens (tertiary/aromatic N) is 4. The minimum Gasteiger partial charge on any atom is -0.357 e. The summed E-state index contributed by atoms with van der Waals surface area (Å²) in [6.07, 6.45) is 7.05. The third kappa shape index (κ3) is 7.72. The summed E-state index contributed by atoms with van der Waals surface area (Å²) in [5.41, 5.74) is 0. The van der Waals surface area contributed by atoms with E-state index in [1.54, 1.807) is 0 Å². The van der Waals surface area contributed by atoms with Gasteiger partial charge >= 0.3 is 0 Å². The predicted molar refractivity (Wildman–Crippen MR) is 139 cm³/mol. The van der Waals surface area contributed by atoms with E-state index in [4.69, 9.17) is 4.99 Å². The van der Waals surface area contributed by atoms with Gasteiger partial charge in [0.25, 0.3) is 0 Å². The van der Waals surface area contributed by atoms with E-state index in [9.17, 15) is 0 Å². The average Bonchev–Trinajstić information content (AvgIpc) is 2.72. The quantitative estimate of drug-likeness (QED) is 0.318. The maximum Gasteiger partial charge on any atom is 0.193 e. The molecule has 0 aromatic rings. The Morgan fingerprint density at radius 1 is 1.03 bits per heavy atom. The molecule has 0 aromatic heterocycles. The molecule has 2 saturated heterocycles. The summed E-state index contributed by atoms with van der Waals surface area (Å²) in [7, 11) is 0. The van der Waals surface area contributed by atoms with Crippen molar-refractivity contribution in [2.75, 3.05) is 71.2 Å². The molecule has 170 valence electrons. The Balaban J connectivity index is 0.00000300. The second kappa shape index (κ2) is 13.0. The summed E-state index contributed by atoms with van der Waals surface area (Å²) in [4.78, 5) is 12.9. The first kappa shape index (κ1) is 25.5. The zero-order chi connectivity index (χ0) is 19.8. The second-order valence-corrected chi connectivity index (χ2v) is 10.6. The molecule has 0 bridgehead atoms. The standard InChI is InChI=1S/C22H43N5S.HI/c1-4-23-21(27-15-16-28-22(19-27)9-7-6-8-10-22)24-17-20(3)18-26-13-11-25(5-2)12-14-26;/h20H,4-19H2,1-3H3,(H,23,24);1H. The van der Waals surface area contributed by atoms with Crippen molar-refractivity contribution in [2.24, 2.45) is 10.9 Å². The van der Waals surface area contributed by atoms with Gasteiger partial charge in [-0.05, 0) is 32.2 Å². The van der Waals surface area contributed by atoms with Crippen LogP contribution in [0.1, 0.15) is 52.9 Å². The molecule has 0 amide bonds. The predicted octanol–water partition coefficient (Wildman–Crippen LogP) is 3.60. The van der Waals surface area contributed by atoms with Crippen LogP contribution in [0.2, 0.25) is 0 Å². The van der Waals surface area contributed by atoms with Crippen molar-refractivity contribution in [3.8, 4) is 0 Å². The number of likely N-dealkylation sites (N-methyl/N-ethyl adjacent to an activating group) is 1. The molecule has 7 heteroatoms. The van der Waals surface area contributed by atoms with E-state index in [1.165, 1.54) is 83.7 Å². The van der Waals surface area contributed by atoms with E-state index < -0.39 is 0 Å². The summed E-state index contributed by atoms with van der Waals surface area (Å²) in [6.45, 7) is 18.3. The summed E-state index contributed by atoms with van der Waals surface area (Å²) in [5.74, 6) is 3.03. The van der Waals surface area contributed by atoms with Crippen LogP contribution < -0.4 is 5.32 Å². The topological polar surface area (TPSA) is 34.1 Å². The van der Waals surface area contributed by atoms with E-state index in [0.717, 1.165) is 25.6 Å². The van der Waals surface area contributed by atoms with E-state index in [-0.39, 0.29) is 24.0 Å². The highest BCUT2D eigenvalue weighted by Gasteiger charge is 2.38. The van der Waals surface area contributed by atoms with Crippen LogP contribution in [-0.4, -0.2) is 96.6 Å². The van der Waals surface area contributed by atoms with E-state index >= 15 is 0 Å². The lowest BCUT2D eigenvalue weighted by atomic mass is 9.87. The molecular weight excluding hydrogens is 493 g/mol. The van der Waals surface area contributed by atoms with E-state index in [2.05, 4.69) is 52.5 Å². The van der Waals surface area contributed by atoms with Gasteiger partial charge in [0.1, 0.15) is 0 Å². The van der Waals surface area contributed by atoms with Crippen LogP contribution in [0.25, 0.3) is 0 Å². The van der Waals surface area contributed by atoms with Crippen LogP contribution in [-0.2, 0) is 0 Å². The van der Waals surface area contributed by atoms with Gasteiger partial charge in [-0.1, -0.05) is 33.1 Å².